The van der Waals surface area contributed by atoms with E-state index in [0.717, 1.165) is 6.07 Å². The molecule has 1 aliphatic heterocycles. The number of allylic oxidation sites excluding steroid dienone is 1. The van der Waals surface area contributed by atoms with Crippen molar-refractivity contribution in [2.45, 2.75) is 25.8 Å². The van der Waals surface area contributed by atoms with E-state index >= 15 is 0 Å². The quantitative estimate of drug-likeness (QED) is 0.870. The van der Waals surface area contributed by atoms with Crippen LogP contribution in [-0.2, 0) is 4.79 Å². The van der Waals surface area contributed by atoms with Crippen molar-refractivity contribution in [1.29, 1.82) is 0 Å². The Morgan fingerprint density at radius 2 is 2.18 bits per heavy atom. The van der Waals surface area contributed by atoms with Gasteiger partial charge in [-0.1, -0.05) is 30.4 Å². The fraction of sp³-hybridized carbons (Fsp3) is 0.353. The van der Waals surface area contributed by atoms with E-state index in [1.807, 2.05) is 19.1 Å². The number of nitrogens with zero attached hydrogens (tertiary/aromatic N) is 1. The molecule has 0 fully saturated rings. The minimum absolute atomic E-state index is 0.160. The molecule has 1 atom stereocenters. The second-order valence-corrected chi connectivity index (χ2v) is 5.29. The third-order valence-electron chi connectivity index (χ3n) is 3.71. The number of carbonyl (C=O) groups excluding carboxylic acids is 1. The van der Waals surface area contributed by atoms with Crippen LogP contribution >= 0.6 is 0 Å². The van der Waals surface area contributed by atoms with Gasteiger partial charge in [-0.05, 0) is 31.4 Å². The Hall–Kier alpha value is -2.01. The molecule has 1 aliphatic rings. The number of halogens is 2. The van der Waals surface area contributed by atoms with Crippen LogP contribution in [0.3, 0.4) is 0 Å². The van der Waals surface area contributed by atoms with Gasteiger partial charge in [0.15, 0.2) is 11.6 Å². The van der Waals surface area contributed by atoms with E-state index in [4.69, 9.17) is 5.73 Å². The SMILES string of the molecule is C/C=C\CCN1CC(c2cccc(F)c2F)=CC[C@H](N)C1=O. The Morgan fingerprint density at radius 3 is 2.91 bits per heavy atom. The molecular weight excluding hydrogens is 286 g/mol. The summed E-state index contributed by atoms with van der Waals surface area (Å²) in [5, 5.41) is 0. The van der Waals surface area contributed by atoms with E-state index in [1.54, 1.807) is 11.0 Å². The highest BCUT2D eigenvalue weighted by Gasteiger charge is 2.25. The fourth-order valence-electron chi connectivity index (χ4n) is 2.49. The van der Waals surface area contributed by atoms with E-state index in [1.165, 1.54) is 12.1 Å². The molecular formula is C17H20F2N2O. The number of benzene rings is 1. The van der Waals surface area contributed by atoms with Gasteiger partial charge >= 0.3 is 0 Å². The Bertz CT molecular complexity index is 611. The maximum atomic E-state index is 14.0. The van der Waals surface area contributed by atoms with E-state index in [-0.39, 0.29) is 18.0 Å². The predicted molar refractivity (Wildman–Crippen MR) is 82.9 cm³/mol. The van der Waals surface area contributed by atoms with Crippen LogP contribution in [0.4, 0.5) is 8.78 Å². The summed E-state index contributed by atoms with van der Waals surface area (Å²) in [6, 6.07) is 3.43. The largest absolute Gasteiger partial charge is 0.337 e. The molecule has 22 heavy (non-hydrogen) atoms. The molecule has 0 saturated heterocycles. The lowest BCUT2D eigenvalue weighted by Gasteiger charge is -2.23. The van der Waals surface area contributed by atoms with Crippen LogP contribution in [-0.4, -0.2) is 29.9 Å². The Kier molecular flexibility index (Phi) is 5.44. The second-order valence-electron chi connectivity index (χ2n) is 5.29. The minimum Gasteiger partial charge on any atom is -0.337 e. The van der Waals surface area contributed by atoms with Crippen LogP contribution in [0.1, 0.15) is 25.3 Å². The summed E-state index contributed by atoms with van der Waals surface area (Å²) in [7, 11) is 0. The molecule has 0 saturated carbocycles. The van der Waals surface area contributed by atoms with Gasteiger partial charge in [0.1, 0.15) is 0 Å². The van der Waals surface area contributed by atoms with Gasteiger partial charge in [-0.3, -0.25) is 4.79 Å². The van der Waals surface area contributed by atoms with Crippen LogP contribution in [0.15, 0.2) is 36.4 Å². The smallest absolute Gasteiger partial charge is 0.240 e. The number of nitrogens with two attached hydrogens (primary N) is 1. The lowest BCUT2D eigenvalue weighted by molar-refractivity contribution is -0.131. The molecule has 2 N–H and O–H groups in total. The predicted octanol–water partition coefficient (Wildman–Crippen LogP) is 2.87. The van der Waals surface area contributed by atoms with Gasteiger partial charge in [0, 0.05) is 18.7 Å². The zero-order chi connectivity index (χ0) is 16.1. The average Bonchev–Trinajstić information content (AvgIpc) is 2.64. The van der Waals surface area contributed by atoms with Crippen LogP contribution < -0.4 is 5.73 Å². The van der Waals surface area contributed by atoms with E-state index in [9.17, 15) is 13.6 Å². The van der Waals surface area contributed by atoms with Gasteiger partial charge in [-0.15, -0.1) is 0 Å². The van der Waals surface area contributed by atoms with Crippen molar-refractivity contribution in [2.24, 2.45) is 5.73 Å². The van der Waals surface area contributed by atoms with Crippen molar-refractivity contribution in [3.05, 3.63) is 53.6 Å². The summed E-state index contributed by atoms with van der Waals surface area (Å²) in [5.74, 6) is -1.93. The van der Waals surface area contributed by atoms with E-state index in [2.05, 4.69) is 0 Å². The zero-order valence-electron chi connectivity index (χ0n) is 12.6. The van der Waals surface area contributed by atoms with E-state index < -0.39 is 17.7 Å². The maximum absolute atomic E-state index is 14.0. The van der Waals surface area contributed by atoms with Crippen molar-refractivity contribution in [3.63, 3.8) is 0 Å². The minimum atomic E-state index is -0.890. The number of rotatable bonds is 4. The van der Waals surface area contributed by atoms with Gasteiger partial charge in [-0.25, -0.2) is 8.78 Å². The first-order valence-corrected chi connectivity index (χ1v) is 7.33. The highest BCUT2D eigenvalue weighted by atomic mass is 19.2. The van der Waals surface area contributed by atoms with Gasteiger partial charge < -0.3 is 10.6 Å². The van der Waals surface area contributed by atoms with Gasteiger partial charge in [-0.2, -0.15) is 0 Å². The molecule has 118 valence electrons. The molecule has 1 aromatic rings. The van der Waals surface area contributed by atoms with E-state index in [0.29, 0.717) is 25.0 Å². The topological polar surface area (TPSA) is 46.3 Å². The lowest BCUT2D eigenvalue weighted by Crippen LogP contribution is -2.43. The first-order valence-electron chi connectivity index (χ1n) is 7.33. The van der Waals surface area contributed by atoms with Crippen molar-refractivity contribution >= 4 is 11.5 Å². The van der Waals surface area contributed by atoms with Crippen molar-refractivity contribution in [2.75, 3.05) is 13.1 Å². The third kappa shape index (κ3) is 3.60. The van der Waals surface area contributed by atoms with Crippen LogP contribution in [0.2, 0.25) is 0 Å². The van der Waals surface area contributed by atoms with Crippen molar-refractivity contribution in [3.8, 4) is 0 Å². The fourth-order valence-corrected chi connectivity index (χ4v) is 2.49. The molecule has 0 unspecified atom stereocenters. The molecule has 1 amide bonds. The molecule has 0 radical (unpaired) electrons. The van der Waals surface area contributed by atoms with Crippen LogP contribution in [0.25, 0.3) is 5.57 Å². The highest BCUT2D eigenvalue weighted by Crippen LogP contribution is 2.24. The summed E-state index contributed by atoms with van der Waals surface area (Å²) >= 11 is 0. The van der Waals surface area contributed by atoms with Gasteiger partial charge in [0.25, 0.3) is 0 Å². The molecule has 0 aromatic heterocycles. The Balaban J connectivity index is 2.27. The molecule has 0 spiro atoms. The zero-order valence-corrected chi connectivity index (χ0v) is 12.6. The van der Waals surface area contributed by atoms with Gasteiger partial charge in [0.2, 0.25) is 5.91 Å². The molecule has 0 bridgehead atoms. The first kappa shape index (κ1) is 16.4. The number of carbonyl (C=O) groups is 1. The number of hydrogen-bond acceptors (Lipinski definition) is 2. The molecule has 2 rings (SSSR count). The highest BCUT2D eigenvalue weighted by molar-refractivity contribution is 5.85. The molecule has 1 aromatic carbocycles. The molecule has 5 heteroatoms. The monoisotopic (exact) mass is 306 g/mol. The second kappa shape index (κ2) is 7.31. The lowest BCUT2D eigenvalue weighted by atomic mass is 10.0. The van der Waals surface area contributed by atoms with Crippen molar-refractivity contribution in [1.82, 2.24) is 4.90 Å². The Labute approximate surface area is 129 Å². The first-order chi connectivity index (χ1) is 10.5. The summed E-state index contributed by atoms with van der Waals surface area (Å²) in [5.41, 5.74) is 6.65. The number of hydrogen-bond donors (Lipinski definition) is 1. The molecule has 0 aliphatic carbocycles. The normalized spacial score (nSPS) is 19.5. The summed E-state index contributed by atoms with van der Waals surface area (Å²) in [6.45, 7) is 2.65. The Morgan fingerprint density at radius 1 is 1.41 bits per heavy atom. The summed E-state index contributed by atoms with van der Waals surface area (Å²) < 4.78 is 27.4. The van der Waals surface area contributed by atoms with Crippen LogP contribution in [0.5, 0.6) is 0 Å². The van der Waals surface area contributed by atoms with Crippen molar-refractivity contribution < 1.29 is 13.6 Å². The molecule has 3 nitrogen and oxygen atoms in total. The summed E-state index contributed by atoms with van der Waals surface area (Å²) in [4.78, 5) is 13.8. The average molecular weight is 306 g/mol. The summed E-state index contributed by atoms with van der Waals surface area (Å²) in [6.07, 6.45) is 6.62. The third-order valence-corrected chi connectivity index (χ3v) is 3.71. The number of amides is 1. The maximum Gasteiger partial charge on any atom is 0.240 e. The molecule has 1 heterocycles. The van der Waals surface area contributed by atoms with Crippen LogP contribution in [0, 0.1) is 11.6 Å². The van der Waals surface area contributed by atoms with Gasteiger partial charge in [0.05, 0.1) is 6.04 Å². The standard InChI is InChI=1S/C17H20F2N2O/c1-2-3-4-10-21-11-12(8-9-15(20)17(21)22)13-6-5-7-14(18)16(13)19/h2-3,5-8,15H,4,9-11,20H2,1H3/b3-2-/t15-/m0/s1.